The van der Waals surface area contributed by atoms with Gasteiger partial charge in [0.2, 0.25) is 11.0 Å². The predicted octanol–water partition coefficient (Wildman–Crippen LogP) is 4.06. The van der Waals surface area contributed by atoms with Crippen LogP contribution in [0.1, 0.15) is 36.8 Å². The minimum Gasteiger partial charge on any atom is -0.297 e. The number of nitrogens with one attached hydrogen (secondary N) is 1. The first-order valence-corrected chi connectivity index (χ1v) is 8.06. The number of hydrogen-bond donors (Lipinski definition) is 1. The summed E-state index contributed by atoms with van der Waals surface area (Å²) < 4.78 is 12.8. The van der Waals surface area contributed by atoms with Gasteiger partial charge in [-0.25, -0.2) is 4.39 Å². The van der Waals surface area contributed by atoms with Crippen LogP contribution in [0, 0.1) is 5.82 Å². The molecule has 1 aromatic heterocycles. The molecule has 2 aromatic rings. The summed E-state index contributed by atoms with van der Waals surface area (Å²) in [7, 11) is 0. The number of rotatable bonds is 7. The van der Waals surface area contributed by atoms with E-state index in [2.05, 4.69) is 22.4 Å². The second-order valence-corrected chi connectivity index (χ2v) is 5.89. The Bertz CT molecular complexity index is 637. The summed E-state index contributed by atoms with van der Waals surface area (Å²) in [5.74, 6) is -0.577. The van der Waals surface area contributed by atoms with Gasteiger partial charge in [-0.05, 0) is 30.2 Å². The molecule has 0 aliphatic rings. The fourth-order valence-electron chi connectivity index (χ4n) is 1.82. The highest BCUT2D eigenvalue weighted by Gasteiger charge is 2.06. The van der Waals surface area contributed by atoms with E-state index in [0.29, 0.717) is 5.13 Å². The molecule has 0 saturated carbocycles. The summed E-state index contributed by atoms with van der Waals surface area (Å²) >= 11 is 1.40. The molecule has 0 spiro atoms. The second kappa shape index (κ2) is 8.38. The minimum atomic E-state index is -0.300. The van der Waals surface area contributed by atoms with Crippen molar-refractivity contribution >= 4 is 28.5 Å². The van der Waals surface area contributed by atoms with Crippen LogP contribution in [0.4, 0.5) is 9.52 Å². The third kappa shape index (κ3) is 5.37. The minimum absolute atomic E-state index is 0.277. The third-order valence-electron chi connectivity index (χ3n) is 2.99. The number of aryl methyl sites for hydroxylation is 1. The van der Waals surface area contributed by atoms with Crippen molar-refractivity contribution in [3.05, 3.63) is 46.7 Å². The van der Waals surface area contributed by atoms with Gasteiger partial charge in [0.25, 0.3) is 0 Å². The van der Waals surface area contributed by atoms with Gasteiger partial charge < -0.3 is 0 Å². The van der Waals surface area contributed by atoms with Gasteiger partial charge in [0.15, 0.2) is 0 Å². The molecule has 116 valence electrons. The van der Waals surface area contributed by atoms with Crippen molar-refractivity contribution in [3.8, 4) is 0 Å². The lowest BCUT2D eigenvalue weighted by atomic mass is 10.2. The van der Waals surface area contributed by atoms with E-state index < -0.39 is 0 Å². The summed E-state index contributed by atoms with van der Waals surface area (Å²) in [6.07, 6.45) is 7.33. The Morgan fingerprint density at radius 3 is 2.77 bits per heavy atom. The van der Waals surface area contributed by atoms with Gasteiger partial charge in [-0.2, -0.15) is 0 Å². The normalized spacial score (nSPS) is 11.0. The maximum atomic E-state index is 12.8. The molecule has 0 saturated heterocycles. The van der Waals surface area contributed by atoms with Crippen molar-refractivity contribution in [3.63, 3.8) is 0 Å². The Balaban J connectivity index is 1.85. The number of aromatic nitrogens is 2. The zero-order chi connectivity index (χ0) is 15.8. The molecule has 1 heterocycles. The predicted molar refractivity (Wildman–Crippen MR) is 87.2 cm³/mol. The lowest BCUT2D eigenvalue weighted by Crippen LogP contribution is -2.07. The molecular weight excluding hydrogens is 301 g/mol. The second-order valence-electron chi connectivity index (χ2n) is 4.83. The summed E-state index contributed by atoms with van der Waals surface area (Å²) in [6, 6.07) is 5.92. The van der Waals surface area contributed by atoms with Crippen LogP contribution in [-0.2, 0) is 11.2 Å². The van der Waals surface area contributed by atoms with Gasteiger partial charge in [0.05, 0.1) is 0 Å². The van der Waals surface area contributed by atoms with Crippen molar-refractivity contribution < 1.29 is 9.18 Å². The third-order valence-corrected chi connectivity index (χ3v) is 3.89. The van der Waals surface area contributed by atoms with Gasteiger partial charge in [-0.1, -0.05) is 43.2 Å². The Labute approximate surface area is 133 Å². The van der Waals surface area contributed by atoms with E-state index in [4.69, 9.17) is 0 Å². The van der Waals surface area contributed by atoms with E-state index in [1.165, 1.54) is 36.0 Å². The number of carbonyl (C=O) groups is 1. The van der Waals surface area contributed by atoms with Crippen LogP contribution in [0.5, 0.6) is 0 Å². The van der Waals surface area contributed by atoms with Crippen molar-refractivity contribution in [2.75, 3.05) is 5.32 Å². The van der Waals surface area contributed by atoms with E-state index in [0.717, 1.165) is 29.8 Å². The fraction of sp³-hybridized carbons (Fsp3) is 0.312. The zero-order valence-corrected chi connectivity index (χ0v) is 13.2. The number of anilines is 1. The number of benzene rings is 1. The van der Waals surface area contributed by atoms with E-state index in [1.54, 1.807) is 18.2 Å². The van der Waals surface area contributed by atoms with Gasteiger partial charge in [0, 0.05) is 12.5 Å². The number of halogens is 1. The molecule has 0 unspecified atom stereocenters. The summed E-state index contributed by atoms with van der Waals surface area (Å²) in [6.45, 7) is 2.15. The Morgan fingerprint density at radius 1 is 1.27 bits per heavy atom. The topological polar surface area (TPSA) is 54.9 Å². The number of nitrogens with zero attached hydrogens (tertiary/aromatic N) is 2. The SMILES string of the molecule is CCCCCc1nnc(NC(=O)/C=C/c2ccc(F)cc2)s1. The van der Waals surface area contributed by atoms with Crippen LogP contribution < -0.4 is 5.32 Å². The highest BCUT2D eigenvalue weighted by Crippen LogP contribution is 2.17. The van der Waals surface area contributed by atoms with Crippen LogP contribution in [-0.4, -0.2) is 16.1 Å². The number of amides is 1. The molecule has 0 bridgehead atoms. The van der Waals surface area contributed by atoms with E-state index in [-0.39, 0.29) is 11.7 Å². The molecule has 1 N–H and O–H groups in total. The average molecular weight is 319 g/mol. The highest BCUT2D eigenvalue weighted by molar-refractivity contribution is 7.15. The quantitative estimate of drug-likeness (QED) is 0.618. The first kappa shape index (κ1) is 16.3. The van der Waals surface area contributed by atoms with Crippen molar-refractivity contribution in [1.29, 1.82) is 0 Å². The Morgan fingerprint density at radius 2 is 2.05 bits per heavy atom. The summed E-state index contributed by atoms with van der Waals surface area (Å²) in [5.41, 5.74) is 0.758. The monoisotopic (exact) mass is 319 g/mol. The maximum absolute atomic E-state index is 12.8. The fourth-order valence-corrected chi connectivity index (χ4v) is 2.61. The van der Waals surface area contributed by atoms with Gasteiger partial charge >= 0.3 is 0 Å². The standard InChI is InChI=1S/C16H18FN3OS/c1-2-3-4-5-15-19-20-16(22-15)18-14(21)11-8-12-6-9-13(17)10-7-12/h6-11H,2-5H2,1H3,(H,18,20,21)/b11-8+. The molecule has 0 atom stereocenters. The van der Waals surface area contributed by atoms with Crippen molar-refractivity contribution in [1.82, 2.24) is 10.2 Å². The molecule has 4 nitrogen and oxygen atoms in total. The number of hydrogen-bond acceptors (Lipinski definition) is 4. The Kier molecular flexibility index (Phi) is 6.21. The maximum Gasteiger partial charge on any atom is 0.250 e. The van der Waals surface area contributed by atoms with Gasteiger partial charge in [-0.15, -0.1) is 10.2 Å². The molecule has 1 amide bonds. The Hall–Kier alpha value is -2.08. The molecule has 0 fully saturated rings. The molecule has 2 rings (SSSR count). The number of carbonyl (C=O) groups excluding carboxylic acids is 1. The van der Waals surface area contributed by atoms with Crippen LogP contribution in [0.25, 0.3) is 6.08 Å². The van der Waals surface area contributed by atoms with Crippen LogP contribution >= 0.6 is 11.3 Å². The molecular formula is C16H18FN3OS. The molecule has 1 aromatic carbocycles. The zero-order valence-electron chi connectivity index (χ0n) is 12.4. The largest absolute Gasteiger partial charge is 0.297 e. The number of unbranched alkanes of at least 4 members (excludes halogenated alkanes) is 2. The van der Waals surface area contributed by atoms with Gasteiger partial charge in [0.1, 0.15) is 10.8 Å². The average Bonchev–Trinajstić information content (AvgIpc) is 2.94. The summed E-state index contributed by atoms with van der Waals surface area (Å²) in [5, 5.41) is 12.1. The van der Waals surface area contributed by atoms with E-state index in [9.17, 15) is 9.18 Å². The first-order chi connectivity index (χ1) is 10.7. The van der Waals surface area contributed by atoms with Crippen molar-refractivity contribution in [2.45, 2.75) is 32.6 Å². The van der Waals surface area contributed by atoms with Crippen LogP contribution in [0.15, 0.2) is 30.3 Å². The van der Waals surface area contributed by atoms with E-state index >= 15 is 0 Å². The lowest BCUT2D eigenvalue weighted by Gasteiger charge is -1.95. The molecule has 22 heavy (non-hydrogen) atoms. The highest BCUT2D eigenvalue weighted by atomic mass is 32.1. The van der Waals surface area contributed by atoms with E-state index in [1.807, 2.05) is 0 Å². The molecule has 0 aliphatic heterocycles. The molecule has 6 heteroatoms. The van der Waals surface area contributed by atoms with Crippen LogP contribution in [0.3, 0.4) is 0 Å². The first-order valence-electron chi connectivity index (χ1n) is 7.24. The molecule has 0 radical (unpaired) electrons. The smallest absolute Gasteiger partial charge is 0.250 e. The van der Waals surface area contributed by atoms with Crippen molar-refractivity contribution in [2.24, 2.45) is 0 Å². The lowest BCUT2D eigenvalue weighted by molar-refractivity contribution is -0.111. The molecule has 0 aliphatic carbocycles. The van der Waals surface area contributed by atoms with Gasteiger partial charge in [-0.3, -0.25) is 10.1 Å². The van der Waals surface area contributed by atoms with Crippen LogP contribution in [0.2, 0.25) is 0 Å². The summed E-state index contributed by atoms with van der Waals surface area (Å²) in [4.78, 5) is 11.8.